The Labute approximate surface area is 354 Å². The largest absolute Gasteiger partial charge is 0.387 e. The molecule has 2 fully saturated rings. The van der Waals surface area contributed by atoms with Crippen molar-refractivity contribution in [3.05, 3.63) is 215 Å². The average molecular weight is 827 g/mol. The molecule has 6 aromatic carbocycles. The van der Waals surface area contributed by atoms with Crippen LogP contribution in [-0.4, -0.2) is 105 Å². The fourth-order valence-electron chi connectivity index (χ4n) is 8.42. The van der Waals surface area contributed by atoms with Crippen molar-refractivity contribution in [1.29, 1.82) is 0 Å². The standard InChI is InChI=1S/C50H50O11/c51-41-39(31-57-49(33-19-7-1-8-20-33,34-21-9-2-10-22-34)35-23-11-3-12-24-35)59-47(45(55)43(41)53)61-48-46(56)44(54)42(52)40(60-48)32-58-50(36-25-13-4-14-26-36,37-27-15-5-16-28-37)38-29-17-6-18-30-38/h1-30,39-48,51-56H,31-32H2/t39?,40?,41-,42-,43-,44?,45?,46?,47+,48+/m1/s1. The Balaban J connectivity index is 1.05. The van der Waals surface area contributed by atoms with Crippen LogP contribution in [0.4, 0.5) is 0 Å². The molecule has 0 bridgehead atoms. The Morgan fingerprint density at radius 2 is 0.557 bits per heavy atom. The van der Waals surface area contributed by atoms with Crippen LogP contribution in [0.2, 0.25) is 0 Å². The fraction of sp³-hybridized carbons (Fsp3) is 0.280. The molecule has 0 spiro atoms. The summed E-state index contributed by atoms with van der Waals surface area (Å²) in [5, 5.41) is 67.4. The van der Waals surface area contributed by atoms with Gasteiger partial charge in [-0.3, -0.25) is 0 Å². The van der Waals surface area contributed by atoms with E-state index in [0.717, 1.165) is 33.4 Å². The third-order valence-corrected chi connectivity index (χ3v) is 11.6. The molecule has 61 heavy (non-hydrogen) atoms. The quantitative estimate of drug-likeness (QED) is 0.0848. The van der Waals surface area contributed by atoms with Gasteiger partial charge in [0.1, 0.15) is 60.0 Å². The van der Waals surface area contributed by atoms with E-state index in [1.807, 2.05) is 182 Å². The maximum absolute atomic E-state index is 11.3. The van der Waals surface area contributed by atoms with Crippen molar-refractivity contribution in [3.63, 3.8) is 0 Å². The van der Waals surface area contributed by atoms with Crippen LogP contribution in [0.25, 0.3) is 0 Å². The Kier molecular flexibility index (Phi) is 13.2. The third-order valence-electron chi connectivity index (χ3n) is 11.6. The minimum Gasteiger partial charge on any atom is -0.387 e. The number of aliphatic hydroxyl groups is 6. The minimum atomic E-state index is -1.82. The lowest BCUT2D eigenvalue weighted by Gasteiger charge is -2.46. The predicted octanol–water partition coefficient (Wildman–Crippen LogP) is 4.64. The minimum absolute atomic E-state index is 0.296. The molecule has 0 aromatic heterocycles. The van der Waals surface area contributed by atoms with E-state index in [4.69, 9.17) is 23.7 Å². The molecule has 316 valence electrons. The molecule has 2 aliphatic heterocycles. The van der Waals surface area contributed by atoms with Crippen LogP contribution >= 0.6 is 0 Å². The summed E-state index contributed by atoms with van der Waals surface area (Å²) >= 11 is 0. The van der Waals surface area contributed by atoms with Crippen molar-refractivity contribution in [2.24, 2.45) is 0 Å². The van der Waals surface area contributed by atoms with Crippen LogP contribution in [0, 0.1) is 0 Å². The summed E-state index contributed by atoms with van der Waals surface area (Å²) in [4.78, 5) is 0. The Morgan fingerprint density at radius 1 is 0.328 bits per heavy atom. The first-order valence-corrected chi connectivity index (χ1v) is 20.4. The summed E-state index contributed by atoms with van der Waals surface area (Å²) in [6, 6.07) is 57.5. The molecule has 0 saturated carbocycles. The zero-order valence-corrected chi connectivity index (χ0v) is 33.2. The second kappa shape index (κ2) is 18.9. The van der Waals surface area contributed by atoms with Gasteiger partial charge >= 0.3 is 0 Å². The molecular weight excluding hydrogens is 777 g/mol. The van der Waals surface area contributed by atoms with Crippen molar-refractivity contribution in [2.45, 2.75) is 72.6 Å². The molecule has 6 N–H and O–H groups in total. The molecule has 11 nitrogen and oxygen atoms in total. The number of benzene rings is 6. The number of ether oxygens (including phenoxy) is 5. The number of rotatable bonds is 14. The highest BCUT2D eigenvalue weighted by molar-refractivity contribution is 5.49. The van der Waals surface area contributed by atoms with E-state index >= 15 is 0 Å². The summed E-state index contributed by atoms with van der Waals surface area (Å²) < 4.78 is 32.0. The molecule has 6 aromatic rings. The van der Waals surface area contributed by atoms with Gasteiger partial charge in [-0.1, -0.05) is 182 Å². The molecular formula is C50H50O11. The summed E-state index contributed by atoms with van der Waals surface area (Å²) in [5.74, 6) is 0. The molecule has 2 aliphatic rings. The van der Waals surface area contributed by atoms with Gasteiger partial charge in [-0.25, -0.2) is 0 Å². The summed E-state index contributed by atoms with van der Waals surface area (Å²) in [5.41, 5.74) is 2.36. The molecule has 5 unspecified atom stereocenters. The molecule has 0 amide bonds. The summed E-state index contributed by atoms with van der Waals surface area (Å²) in [6.45, 7) is -0.591. The van der Waals surface area contributed by atoms with Gasteiger partial charge in [0.2, 0.25) is 0 Å². The number of hydrogen-bond donors (Lipinski definition) is 6. The Bertz CT molecular complexity index is 1880. The number of aliphatic hydroxyl groups excluding tert-OH is 6. The van der Waals surface area contributed by atoms with Crippen LogP contribution in [0.5, 0.6) is 0 Å². The first-order valence-electron chi connectivity index (χ1n) is 20.4. The third kappa shape index (κ3) is 8.44. The van der Waals surface area contributed by atoms with E-state index in [9.17, 15) is 30.6 Å². The summed E-state index contributed by atoms with van der Waals surface area (Å²) in [7, 11) is 0. The maximum Gasteiger partial charge on any atom is 0.189 e. The zero-order valence-electron chi connectivity index (χ0n) is 33.2. The van der Waals surface area contributed by atoms with Gasteiger partial charge < -0.3 is 54.3 Å². The highest BCUT2D eigenvalue weighted by atomic mass is 16.8. The van der Waals surface area contributed by atoms with Gasteiger partial charge in [-0.05, 0) is 33.4 Å². The van der Waals surface area contributed by atoms with Crippen molar-refractivity contribution < 1.29 is 54.3 Å². The van der Waals surface area contributed by atoms with Crippen LogP contribution in [-0.2, 0) is 34.9 Å². The van der Waals surface area contributed by atoms with Gasteiger partial charge in [0.05, 0.1) is 13.2 Å². The van der Waals surface area contributed by atoms with E-state index < -0.39 is 72.6 Å². The molecule has 10 atom stereocenters. The van der Waals surface area contributed by atoms with E-state index in [-0.39, 0.29) is 13.2 Å². The van der Waals surface area contributed by atoms with E-state index in [1.165, 1.54) is 0 Å². The second-order valence-corrected chi connectivity index (χ2v) is 15.3. The van der Waals surface area contributed by atoms with Crippen LogP contribution in [0.1, 0.15) is 33.4 Å². The lowest BCUT2D eigenvalue weighted by Crippen LogP contribution is -2.64. The summed E-state index contributed by atoms with van der Waals surface area (Å²) in [6.07, 6.45) is -16.3. The smallest absolute Gasteiger partial charge is 0.189 e. The van der Waals surface area contributed by atoms with Gasteiger partial charge in [0.15, 0.2) is 12.6 Å². The monoisotopic (exact) mass is 826 g/mol. The molecule has 11 heteroatoms. The highest BCUT2D eigenvalue weighted by Gasteiger charge is 2.51. The first-order chi connectivity index (χ1) is 29.7. The lowest BCUT2D eigenvalue weighted by atomic mass is 9.80. The molecule has 2 heterocycles. The van der Waals surface area contributed by atoms with Gasteiger partial charge in [0.25, 0.3) is 0 Å². The topological polar surface area (TPSA) is 168 Å². The zero-order chi connectivity index (χ0) is 42.4. The maximum atomic E-state index is 11.3. The first kappa shape index (κ1) is 42.6. The average Bonchev–Trinajstić information content (AvgIpc) is 3.32. The lowest BCUT2D eigenvalue weighted by molar-refractivity contribution is -0.379. The van der Waals surface area contributed by atoms with Crippen LogP contribution < -0.4 is 0 Å². The number of hydrogen-bond acceptors (Lipinski definition) is 11. The molecule has 0 radical (unpaired) electrons. The Hall–Kier alpha value is -5.12. The van der Waals surface area contributed by atoms with Gasteiger partial charge in [-0.2, -0.15) is 0 Å². The van der Waals surface area contributed by atoms with Crippen LogP contribution in [0.3, 0.4) is 0 Å². The van der Waals surface area contributed by atoms with Crippen LogP contribution in [0.15, 0.2) is 182 Å². The van der Waals surface area contributed by atoms with E-state index in [2.05, 4.69) is 0 Å². The van der Waals surface area contributed by atoms with Crippen molar-refractivity contribution in [3.8, 4) is 0 Å². The van der Waals surface area contributed by atoms with E-state index in [0.29, 0.717) is 0 Å². The van der Waals surface area contributed by atoms with Gasteiger partial charge in [-0.15, -0.1) is 0 Å². The van der Waals surface area contributed by atoms with Crippen molar-refractivity contribution in [2.75, 3.05) is 13.2 Å². The predicted molar refractivity (Wildman–Crippen MR) is 225 cm³/mol. The van der Waals surface area contributed by atoms with Crippen molar-refractivity contribution >= 4 is 0 Å². The second-order valence-electron chi connectivity index (χ2n) is 15.3. The molecule has 0 aliphatic carbocycles. The van der Waals surface area contributed by atoms with Gasteiger partial charge in [0, 0.05) is 0 Å². The van der Waals surface area contributed by atoms with Crippen molar-refractivity contribution in [1.82, 2.24) is 0 Å². The highest BCUT2D eigenvalue weighted by Crippen LogP contribution is 2.43. The van der Waals surface area contributed by atoms with E-state index in [1.54, 1.807) is 0 Å². The molecule has 8 rings (SSSR count). The fourth-order valence-corrected chi connectivity index (χ4v) is 8.42. The normalized spacial score (nSPS) is 27.0. The SMILES string of the molecule is OC1C(O)[C@H](O)C(COC(c2ccccc2)(c2ccccc2)c2ccccc2)O[C@H]1O[C@@H]1OC(COC(c2ccccc2)(c2ccccc2)c2ccccc2)[C@@H](O)[C@@H](O)C1O. The Morgan fingerprint density at radius 3 is 0.787 bits per heavy atom. The molecule has 2 saturated heterocycles.